The van der Waals surface area contributed by atoms with E-state index in [1.165, 1.54) is 0 Å². The zero-order chi connectivity index (χ0) is 9.84. The summed E-state index contributed by atoms with van der Waals surface area (Å²) in [4.78, 5) is 15.5. The van der Waals surface area contributed by atoms with Gasteiger partial charge in [0, 0.05) is 19.4 Å². The minimum Gasteiger partial charge on any atom is -0.332 e. The van der Waals surface area contributed by atoms with E-state index < -0.39 is 6.04 Å². The highest BCUT2D eigenvalue weighted by Gasteiger charge is 2.17. The highest BCUT2D eigenvalue weighted by Crippen LogP contribution is 2.01. The van der Waals surface area contributed by atoms with Crippen LogP contribution < -0.4 is 5.73 Å². The van der Waals surface area contributed by atoms with E-state index in [0.717, 1.165) is 0 Å². The third-order valence-electron chi connectivity index (χ3n) is 1.80. The van der Waals surface area contributed by atoms with Crippen LogP contribution in [0.15, 0.2) is 25.0 Å². The lowest BCUT2D eigenvalue weighted by Gasteiger charge is -2.06. The first-order chi connectivity index (χ1) is 6.16. The second kappa shape index (κ2) is 4.00. The van der Waals surface area contributed by atoms with E-state index in [0.29, 0.717) is 12.2 Å². The molecule has 1 unspecified atom stereocenters. The number of imidazole rings is 1. The average Bonchev–Trinajstić information content (AvgIpc) is 2.50. The fraction of sp³-hybridized carbons (Fsp3) is 0.333. The smallest absolute Gasteiger partial charge is 0.215 e. The number of hydrogen-bond donors (Lipinski definition) is 1. The number of aromatic nitrogens is 2. The molecule has 1 heterocycles. The van der Waals surface area contributed by atoms with E-state index in [9.17, 15) is 4.79 Å². The van der Waals surface area contributed by atoms with E-state index in [2.05, 4.69) is 11.6 Å². The van der Waals surface area contributed by atoms with Gasteiger partial charge in [0.15, 0.2) is 5.82 Å². The van der Waals surface area contributed by atoms with Crippen molar-refractivity contribution in [3.05, 3.63) is 30.9 Å². The van der Waals surface area contributed by atoms with Crippen LogP contribution in [0.5, 0.6) is 0 Å². The van der Waals surface area contributed by atoms with Crippen LogP contribution in [-0.4, -0.2) is 21.4 Å². The molecular formula is C9H13N3O. The number of Topliss-reactive ketones (excluding diaryl/α,β-unsaturated/α-hetero) is 1. The van der Waals surface area contributed by atoms with Gasteiger partial charge in [-0.1, -0.05) is 6.08 Å². The summed E-state index contributed by atoms with van der Waals surface area (Å²) in [6.07, 6.45) is 5.40. The van der Waals surface area contributed by atoms with Gasteiger partial charge < -0.3 is 10.3 Å². The summed E-state index contributed by atoms with van der Waals surface area (Å²) < 4.78 is 1.66. The topological polar surface area (TPSA) is 60.9 Å². The van der Waals surface area contributed by atoms with Crippen LogP contribution in [0.2, 0.25) is 0 Å². The first-order valence-electron chi connectivity index (χ1n) is 4.05. The molecule has 1 rings (SSSR count). The van der Waals surface area contributed by atoms with Crippen molar-refractivity contribution in [2.24, 2.45) is 12.8 Å². The Labute approximate surface area is 77.1 Å². The summed E-state index contributed by atoms with van der Waals surface area (Å²) in [6, 6.07) is -0.529. The maximum atomic E-state index is 11.6. The zero-order valence-electron chi connectivity index (χ0n) is 7.60. The second-order valence-electron chi connectivity index (χ2n) is 2.86. The molecule has 70 valence electrons. The first-order valence-corrected chi connectivity index (χ1v) is 4.05. The number of hydrogen-bond acceptors (Lipinski definition) is 3. The number of aryl methyl sites for hydroxylation is 1. The predicted octanol–water partition coefficient (Wildman–Crippen LogP) is 0.506. The quantitative estimate of drug-likeness (QED) is 0.541. The molecule has 1 aromatic rings. The summed E-state index contributed by atoms with van der Waals surface area (Å²) in [7, 11) is 1.76. The van der Waals surface area contributed by atoms with Gasteiger partial charge in [-0.3, -0.25) is 4.79 Å². The standard InChI is InChI=1S/C9H13N3O/c1-3-4-7(10)8(13)9-11-5-6-12(9)2/h3,5-7H,1,4,10H2,2H3. The molecule has 1 atom stereocenters. The maximum absolute atomic E-state index is 11.6. The van der Waals surface area contributed by atoms with Gasteiger partial charge in [0.25, 0.3) is 0 Å². The fourth-order valence-electron chi connectivity index (χ4n) is 1.06. The summed E-state index contributed by atoms with van der Waals surface area (Å²) in [6.45, 7) is 3.53. The Morgan fingerprint density at radius 2 is 2.62 bits per heavy atom. The molecule has 0 amide bonds. The molecule has 0 spiro atoms. The lowest BCUT2D eigenvalue weighted by atomic mass is 10.1. The van der Waals surface area contributed by atoms with Gasteiger partial charge in [-0.2, -0.15) is 0 Å². The number of carbonyl (C=O) groups excluding carboxylic acids is 1. The lowest BCUT2D eigenvalue weighted by molar-refractivity contribution is 0.0949. The number of ketones is 1. The van der Waals surface area contributed by atoms with Gasteiger partial charge in [-0.15, -0.1) is 6.58 Å². The molecule has 1 aromatic heterocycles. The first kappa shape index (κ1) is 9.67. The Hall–Kier alpha value is -1.42. The third-order valence-corrected chi connectivity index (χ3v) is 1.80. The Kier molecular flexibility index (Phi) is 2.97. The summed E-state index contributed by atoms with van der Waals surface area (Å²) in [5.41, 5.74) is 5.61. The second-order valence-corrected chi connectivity index (χ2v) is 2.86. The van der Waals surface area contributed by atoms with E-state index >= 15 is 0 Å². The summed E-state index contributed by atoms with van der Waals surface area (Å²) in [5.74, 6) is 0.252. The monoisotopic (exact) mass is 179 g/mol. The van der Waals surface area contributed by atoms with E-state index in [1.54, 1.807) is 30.1 Å². The molecule has 4 nitrogen and oxygen atoms in total. The Morgan fingerprint density at radius 1 is 1.92 bits per heavy atom. The highest BCUT2D eigenvalue weighted by molar-refractivity contribution is 5.97. The Morgan fingerprint density at radius 3 is 3.08 bits per heavy atom. The molecule has 0 saturated carbocycles. The highest BCUT2D eigenvalue weighted by atomic mass is 16.1. The van der Waals surface area contributed by atoms with Crippen molar-refractivity contribution in [2.75, 3.05) is 0 Å². The van der Waals surface area contributed by atoms with Gasteiger partial charge in [-0.05, 0) is 6.42 Å². The van der Waals surface area contributed by atoms with E-state index in [-0.39, 0.29) is 5.78 Å². The Bertz CT molecular complexity index is 316. The minimum absolute atomic E-state index is 0.146. The van der Waals surface area contributed by atoms with Crippen LogP contribution in [0.4, 0.5) is 0 Å². The third kappa shape index (κ3) is 2.03. The van der Waals surface area contributed by atoms with Gasteiger partial charge >= 0.3 is 0 Å². The maximum Gasteiger partial charge on any atom is 0.215 e. The van der Waals surface area contributed by atoms with Crippen molar-refractivity contribution in [1.29, 1.82) is 0 Å². The zero-order valence-corrected chi connectivity index (χ0v) is 7.60. The van der Waals surface area contributed by atoms with Crippen LogP contribution >= 0.6 is 0 Å². The van der Waals surface area contributed by atoms with Gasteiger partial charge in [-0.25, -0.2) is 4.98 Å². The van der Waals surface area contributed by atoms with Crippen molar-refractivity contribution in [2.45, 2.75) is 12.5 Å². The molecule has 0 aliphatic carbocycles. The van der Waals surface area contributed by atoms with Crippen molar-refractivity contribution in [3.63, 3.8) is 0 Å². The van der Waals surface area contributed by atoms with Gasteiger partial charge in [0.1, 0.15) is 0 Å². The molecule has 0 fully saturated rings. The van der Waals surface area contributed by atoms with Crippen LogP contribution in [-0.2, 0) is 7.05 Å². The molecule has 2 N–H and O–H groups in total. The lowest BCUT2D eigenvalue weighted by Crippen LogP contribution is -2.31. The molecule has 4 heteroatoms. The number of carbonyl (C=O) groups is 1. The molecule has 0 aliphatic heterocycles. The summed E-state index contributed by atoms with van der Waals surface area (Å²) in [5, 5.41) is 0. The molecule has 0 aliphatic rings. The molecule has 13 heavy (non-hydrogen) atoms. The van der Waals surface area contributed by atoms with Crippen LogP contribution in [0, 0.1) is 0 Å². The number of nitrogens with two attached hydrogens (primary N) is 1. The van der Waals surface area contributed by atoms with Crippen molar-refractivity contribution in [3.8, 4) is 0 Å². The van der Waals surface area contributed by atoms with Crippen molar-refractivity contribution in [1.82, 2.24) is 9.55 Å². The Balaban J connectivity index is 2.79. The molecule has 0 bridgehead atoms. The van der Waals surface area contributed by atoms with Crippen LogP contribution in [0.1, 0.15) is 17.0 Å². The fourth-order valence-corrected chi connectivity index (χ4v) is 1.06. The van der Waals surface area contributed by atoms with Crippen LogP contribution in [0.25, 0.3) is 0 Å². The normalized spacial score (nSPS) is 12.5. The number of nitrogens with zero attached hydrogens (tertiary/aromatic N) is 2. The summed E-state index contributed by atoms with van der Waals surface area (Å²) >= 11 is 0. The largest absolute Gasteiger partial charge is 0.332 e. The minimum atomic E-state index is -0.529. The van der Waals surface area contributed by atoms with Gasteiger partial charge in [0.2, 0.25) is 5.78 Å². The van der Waals surface area contributed by atoms with E-state index in [1.807, 2.05) is 0 Å². The molecular weight excluding hydrogens is 166 g/mol. The molecule has 0 radical (unpaired) electrons. The molecule has 0 saturated heterocycles. The average molecular weight is 179 g/mol. The molecule has 0 aromatic carbocycles. The van der Waals surface area contributed by atoms with Crippen molar-refractivity contribution >= 4 is 5.78 Å². The van der Waals surface area contributed by atoms with Crippen molar-refractivity contribution < 1.29 is 4.79 Å². The number of rotatable bonds is 4. The van der Waals surface area contributed by atoms with Gasteiger partial charge in [0.05, 0.1) is 6.04 Å². The SMILES string of the molecule is C=CCC(N)C(=O)c1nccn1C. The van der Waals surface area contributed by atoms with Crippen LogP contribution in [0.3, 0.4) is 0 Å². The predicted molar refractivity (Wildman–Crippen MR) is 50.3 cm³/mol. The van der Waals surface area contributed by atoms with E-state index in [4.69, 9.17) is 5.73 Å².